The van der Waals surface area contributed by atoms with Gasteiger partial charge in [-0.2, -0.15) is 0 Å². The normalized spacial score (nSPS) is 10.2. The van der Waals surface area contributed by atoms with E-state index in [-0.39, 0.29) is 12.5 Å². The van der Waals surface area contributed by atoms with Gasteiger partial charge in [0, 0.05) is 6.54 Å². The number of rotatable bonds is 7. The fourth-order valence-corrected chi connectivity index (χ4v) is 2.10. The summed E-state index contributed by atoms with van der Waals surface area (Å²) < 4.78 is 15.2. The molecule has 0 bridgehead atoms. The van der Waals surface area contributed by atoms with Crippen molar-refractivity contribution in [3.8, 4) is 5.75 Å². The zero-order valence-electron chi connectivity index (χ0n) is 13.1. The Hall–Kier alpha value is -2.76. The van der Waals surface area contributed by atoms with Gasteiger partial charge in [0.25, 0.3) is 5.91 Å². The summed E-state index contributed by atoms with van der Waals surface area (Å²) in [6.45, 7) is 1.76. The van der Waals surface area contributed by atoms with E-state index >= 15 is 0 Å². The Morgan fingerprint density at radius 2 is 2.00 bits per heavy atom. The summed E-state index contributed by atoms with van der Waals surface area (Å²) in [7, 11) is 1.61. The molecule has 2 rings (SSSR count). The summed E-state index contributed by atoms with van der Waals surface area (Å²) in [6.07, 6.45) is 2.03. The predicted molar refractivity (Wildman–Crippen MR) is 83.4 cm³/mol. The van der Waals surface area contributed by atoms with E-state index in [0.29, 0.717) is 24.3 Å². The average molecular weight is 317 g/mol. The second kappa shape index (κ2) is 8.03. The van der Waals surface area contributed by atoms with E-state index in [1.807, 2.05) is 24.3 Å². The monoisotopic (exact) mass is 317 g/mol. The van der Waals surface area contributed by atoms with Crippen LogP contribution in [0.1, 0.15) is 21.7 Å². The van der Waals surface area contributed by atoms with E-state index in [4.69, 9.17) is 13.9 Å². The molecule has 0 saturated heterocycles. The van der Waals surface area contributed by atoms with Crippen LogP contribution in [0.4, 0.5) is 0 Å². The number of amides is 1. The Labute approximate surface area is 134 Å². The molecule has 0 atom stereocenters. The molecule has 23 heavy (non-hydrogen) atoms. The first-order valence-electron chi connectivity index (χ1n) is 7.21. The van der Waals surface area contributed by atoms with Crippen LogP contribution in [-0.2, 0) is 16.0 Å². The molecule has 0 aliphatic heterocycles. The summed E-state index contributed by atoms with van der Waals surface area (Å²) in [4.78, 5) is 23.4. The minimum atomic E-state index is -0.573. The third kappa shape index (κ3) is 4.60. The molecule has 0 fully saturated rings. The minimum Gasteiger partial charge on any atom is -0.496 e. The smallest absolute Gasteiger partial charge is 0.342 e. The summed E-state index contributed by atoms with van der Waals surface area (Å²) in [6, 6.07) is 9.11. The number of hydrogen-bond acceptors (Lipinski definition) is 5. The quantitative estimate of drug-likeness (QED) is 0.791. The number of carbonyl (C=O) groups excluding carboxylic acids is 2. The maximum Gasteiger partial charge on any atom is 0.342 e. The van der Waals surface area contributed by atoms with Crippen LogP contribution in [0.3, 0.4) is 0 Å². The van der Waals surface area contributed by atoms with Crippen LogP contribution in [0.25, 0.3) is 0 Å². The first-order valence-corrected chi connectivity index (χ1v) is 7.21. The fourth-order valence-electron chi connectivity index (χ4n) is 2.10. The number of hydrogen-bond donors (Lipinski definition) is 1. The van der Waals surface area contributed by atoms with Crippen molar-refractivity contribution in [3.05, 3.63) is 53.5 Å². The van der Waals surface area contributed by atoms with E-state index in [1.54, 1.807) is 14.0 Å². The highest BCUT2D eigenvalue weighted by Gasteiger charge is 2.14. The molecular weight excluding hydrogens is 298 g/mol. The molecule has 1 amide bonds. The summed E-state index contributed by atoms with van der Waals surface area (Å²) in [5.74, 6) is 0.320. The molecule has 6 heteroatoms. The summed E-state index contributed by atoms with van der Waals surface area (Å²) >= 11 is 0. The van der Waals surface area contributed by atoms with E-state index in [2.05, 4.69) is 5.32 Å². The van der Waals surface area contributed by atoms with Crippen molar-refractivity contribution in [2.75, 3.05) is 20.3 Å². The maximum atomic E-state index is 11.7. The Kier molecular flexibility index (Phi) is 5.80. The number of aryl methyl sites for hydroxylation is 1. The Morgan fingerprint density at radius 3 is 2.70 bits per heavy atom. The number of ether oxygens (including phenoxy) is 2. The predicted octanol–water partition coefficient (Wildman–Crippen LogP) is 2.11. The Balaban J connectivity index is 1.73. The lowest BCUT2D eigenvalue weighted by Gasteiger charge is -2.09. The van der Waals surface area contributed by atoms with Crippen LogP contribution in [0.15, 0.2) is 41.0 Å². The second-order valence-corrected chi connectivity index (χ2v) is 4.88. The van der Waals surface area contributed by atoms with Crippen LogP contribution < -0.4 is 10.1 Å². The number of methoxy groups -OCH3 is 1. The molecule has 6 nitrogen and oxygen atoms in total. The SMILES string of the molecule is COc1ccccc1CCNC(=O)COC(=O)c1ccoc1C. The van der Waals surface area contributed by atoms with E-state index in [9.17, 15) is 9.59 Å². The van der Waals surface area contributed by atoms with Gasteiger partial charge >= 0.3 is 5.97 Å². The van der Waals surface area contributed by atoms with Gasteiger partial charge in [0.15, 0.2) is 6.61 Å². The van der Waals surface area contributed by atoms with Gasteiger partial charge in [-0.1, -0.05) is 18.2 Å². The summed E-state index contributed by atoms with van der Waals surface area (Å²) in [5.41, 5.74) is 1.33. The van der Waals surface area contributed by atoms with E-state index in [0.717, 1.165) is 11.3 Å². The molecular formula is C17H19NO5. The zero-order valence-corrected chi connectivity index (χ0v) is 13.1. The van der Waals surface area contributed by atoms with Gasteiger partial charge in [0.05, 0.1) is 13.4 Å². The third-order valence-corrected chi connectivity index (χ3v) is 3.32. The van der Waals surface area contributed by atoms with Crippen LogP contribution in [0.5, 0.6) is 5.75 Å². The van der Waals surface area contributed by atoms with Gasteiger partial charge in [0.1, 0.15) is 17.1 Å². The molecule has 1 aromatic carbocycles. The van der Waals surface area contributed by atoms with Gasteiger partial charge in [-0.3, -0.25) is 4.79 Å². The lowest BCUT2D eigenvalue weighted by atomic mass is 10.1. The van der Waals surface area contributed by atoms with Crippen LogP contribution in [0.2, 0.25) is 0 Å². The van der Waals surface area contributed by atoms with E-state index < -0.39 is 5.97 Å². The molecule has 1 N–H and O–H groups in total. The highest BCUT2D eigenvalue weighted by Crippen LogP contribution is 2.17. The second-order valence-electron chi connectivity index (χ2n) is 4.88. The molecule has 0 unspecified atom stereocenters. The fraction of sp³-hybridized carbons (Fsp3) is 0.294. The van der Waals surface area contributed by atoms with Crippen molar-refractivity contribution in [1.82, 2.24) is 5.32 Å². The van der Waals surface area contributed by atoms with Crippen molar-refractivity contribution in [2.45, 2.75) is 13.3 Å². The van der Waals surface area contributed by atoms with Crippen molar-refractivity contribution in [1.29, 1.82) is 0 Å². The van der Waals surface area contributed by atoms with Gasteiger partial charge in [-0.15, -0.1) is 0 Å². The van der Waals surface area contributed by atoms with Crippen molar-refractivity contribution >= 4 is 11.9 Å². The molecule has 1 aromatic heterocycles. The number of esters is 1. The van der Waals surface area contributed by atoms with Crippen LogP contribution >= 0.6 is 0 Å². The molecule has 0 aliphatic rings. The number of benzene rings is 1. The molecule has 0 aliphatic carbocycles. The standard InChI is InChI=1S/C17H19NO5/c1-12-14(8-10-22-12)17(20)23-11-16(19)18-9-7-13-5-3-4-6-15(13)21-2/h3-6,8,10H,7,9,11H2,1-2H3,(H,18,19). The van der Waals surface area contributed by atoms with Crippen molar-refractivity contribution in [2.24, 2.45) is 0 Å². The Bertz CT molecular complexity index is 677. The molecule has 0 spiro atoms. The Morgan fingerprint density at radius 1 is 1.22 bits per heavy atom. The van der Waals surface area contributed by atoms with Crippen LogP contribution in [-0.4, -0.2) is 32.1 Å². The van der Waals surface area contributed by atoms with Gasteiger partial charge in [-0.05, 0) is 31.0 Å². The largest absolute Gasteiger partial charge is 0.496 e. The molecule has 1 heterocycles. The molecule has 0 radical (unpaired) electrons. The highest BCUT2D eigenvalue weighted by atomic mass is 16.5. The maximum absolute atomic E-state index is 11.7. The lowest BCUT2D eigenvalue weighted by molar-refractivity contribution is -0.124. The van der Waals surface area contributed by atoms with Crippen molar-refractivity contribution in [3.63, 3.8) is 0 Å². The number of para-hydroxylation sites is 1. The molecule has 122 valence electrons. The van der Waals surface area contributed by atoms with Crippen LogP contribution in [0, 0.1) is 6.92 Å². The first kappa shape index (κ1) is 16.6. The number of furan rings is 1. The molecule has 2 aromatic rings. The number of carbonyl (C=O) groups is 2. The topological polar surface area (TPSA) is 77.8 Å². The van der Waals surface area contributed by atoms with Crippen molar-refractivity contribution < 1.29 is 23.5 Å². The average Bonchev–Trinajstić information content (AvgIpc) is 2.99. The summed E-state index contributed by atoms with van der Waals surface area (Å²) in [5, 5.41) is 2.70. The van der Waals surface area contributed by atoms with Gasteiger partial charge in [-0.25, -0.2) is 4.79 Å². The first-order chi connectivity index (χ1) is 11.1. The van der Waals surface area contributed by atoms with E-state index in [1.165, 1.54) is 12.3 Å². The van der Waals surface area contributed by atoms with Gasteiger partial charge < -0.3 is 19.2 Å². The molecule has 0 saturated carbocycles. The van der Waals surface area contributed by atoms with Gasteiger partial charge in [0.2, 0.25) is 0 Å². The number of nitrogens with one attached hydrogen (secondary N) is 1. The minimum absolute atomic E-state index is 0.324. The highest BCUT2D eigenvalue weighted by molar-refractivity contribution is 5.92. The zero-order chi connectivity index (χ0) is 16.7. The third-order valence-electron chi connectivity index (χ3n) is 3.32. The lowest BCUT2D eigenvalue weighted by Crippen LogP contribution is -2.30.